The Balaban J connectivity index is 0.00000204. The van der Waals surface area contributed by atoms with Gasteiger partial charge in [0.2, 0.25) is 0 Å². The summed E-state index contributed by atoms with van der Waals surface area (Å²) in [6.07, 6.45) is -5.66. The number of carbonyl (C=O) groups excluding carboxylic acids is 2. The second-order valence-electron chi connectivity index (χ2n) is 7.72. The minimum atomic E-state index is -4.56. The SMILES string of the molecule is NC1c2ccc3c(c2CC1CC(O)c1cccc(C(F)(F)F)c1)OC(C(=O)[O-])(C(=O)[O-])O3.[Na+].[Na+]. The van der Waals surface area contributed by atoms with Gasteiger partial charge in [0.15, 0.2) is 11.5 Å². The number of carbonyl (C=O) groups is 2. The Hall–Kier alpha value is -1.31. The van der Waals surface area contributed by atoms with E-state index in [9.17, 15) is 38.1 Å². The molecule has 8 nitrogen and oxygen atoms in total. The van der Waals surface area contributed by atoms with Gasteiger partial charge in [-0.05, 0) is 48.1 Å². The van der Waals surface area contributed by atoms with Crippen molar-refractivity contribution in [3.8, 4) is 11.5 Å². The van der Waals surface area contributed by atoms with Gasteiger partial charge in [0.05, 0.1) is 11.7 Å². The van der Waals surface area contributed by atoms with Gasteiger partial charge in [-0.1, -0.05) is 18.2 Å². The van der Waals surface area contributed by atoms with Crippen molar-refractivity contribution in [2.75, 3.05) is 0 Å². The summed E-state index contributed by atoms with van der Waals surface area (Å²) in [6, 6.07) is 6.47. The van der Waals surface area contributed by atoms with E-state index in [-0.39, 0.29) is 89.0 Å². The number of aliphatic carboxylic acids is 2. The van der Waals surface area contributed by atoms with Gasteiger partial charge < -0.3 is 40.1 Å². The molecule has 1 aliphatic carbocycles. The molecule has 1 aliphatic heterocycles. The standard InChI is InChI=1S/C21H18F3NO7.2Na/c22-21(23,24)11-3-1-2-9(6-11)14(26)8-10-7-13-12(16(10)25)4-5-15-17(13)32-20(31-15,18(27)28)19(29)30;;/h1-6,10,14,16,26H,7-8,25H2,(H,27,28)(H,29,30);;/q;2*+1/p-2. The van der Waals surface area contributed by atoms with Gasteiger partial charge >= 0.3 is 71.1 Å². The molecule has 4 rings (SSSR count). The normalized spacial score (nSPS) is 20.5. The number of alkyl halides is 3. The van der Waals surface area contributed by atoms with Crippen molar-refractivity contribution < 1.29 is 107 Å². The van der Waals surface area contributed by atoms with E-state index < -0.39 is 47.5 Å². The molecular weight excluding hydrogens is 481 g/mol. The Labute approximate surface area is 235 Å². The van der Waals surface area contributed by atoms with Crippen LogP contribution in [0.15, 0.2) is 36.4 Å². The van der Waals surface area contributed by atoms with Crippen LogP contribution in [0, 0.1) is 5.92 Å². The van der Waals surface area contributed by atoms with E-state index in [4.69, 9.17) is 15.2 Å². The number of hydrogen-bond acceptors (Lipinski definition) is 8. The number of ether oxygens (including phenoxy) is 2. The Morgan fingerprint density at radius 3 is 2.38 bits per heavy atom. The van der Waals surface area contributed by atoms with E-state index in [1.165, 1.54) is 24.3 Å². The van der Waals surface area contributed by atoms with E-state index in [0.29, 0.717) is 11.1 Å². The summed E-state index contributed by atoms with van der Waals surface area (Å²) in [5.74, 6) is -8.18. The van der Waals surface area contributed by atoms with Crippen LogP contribution >= 0.6 is 0 Å². The third-order valence-electron chi connectivity index (χ3n) is 5.76. The first-order valence-corrected chi connectivity index (χ1v) is 9.51. The van der Waals surface area contributed by atoms with Crippen LogP contribution in [-0.2, 0) is 22.2 Å². The smallest absolute Gasteiger partial charge is 0.542 e. The molecule has 34 heavy (non-hydrogen) atoms. The van der Waals surface area contributed by atoms with Crippen molar-refractivity contribution in [1.29, 1.82) is 0 Å². The summed E-state index contributed by atoms with van der Waals surface area (Å²) in [5, 5.41) is 33.2. The molecule has 0 amide bonds. The third-order valence-corrected chi connectivity index (χ3v) is 5.76. The van der Waals surface area contributed by atoms with Gasteiger partial charge in [-0.25, -0.2) is 0 Å². The van der Waals surface area contributed by atoms with Crippen LogP contribution in [0.4, 0.5) is 13.2 Å². The molecule has 1 heterocycles. The number of benzene rings is 2. The van der Waals surface area contributed by atoms with E-state index in [1.807, 2.05) is 0 Å². The minimum Gasteiger partial charge on any atom is -0.542 e. The van der Waals surface area contributed by atoms with Crippen LogP contribution in [-0.4, -0.2) is 22.8 Å². The third kappa shape index (κ3) is 4.98. The summed E-state index contributed by atoms with van der Waals surface area (Å²) in [4.78, 5) is 22.7. The van der Waals surface area contributed by atoms with Crippen molar-refractivity contribution in [3.05, 3.63) is 58.7 Å². The van der Waals surface area contributed by atoms with Crippen LogP contribution in [0.1, 0.15) is 40.8 Å². The van der Waals surface area contributed by atoms with Gasteiger partial charge in [-0.15, -0.1) is 0 Å². The molecule has 0 spiro atoms. The molecule has 2 aromatic rings. The van der Waals surface area contributed by atoms with Gasteiger partial charge in [0.25, 0.3) is 0 Å². The first-order chi connectivity index (χ1) is 14.9. The molecule has 13 heteroatoms. The van der Waals surface area contributed by atoms with Crippen LogP contribution < -0.4 is 84.5 Å². The van der Waals surface area contributed by atoms with E-state index in [2.05, 4.69) is 0 Å². The Bertz CT molecular complexity index is 1100. The van der Waals surface area contributed by atoms with Crippen molar-refractivity contribution in [1.82, 2.24) is 0 Å². The minimum absolute atomic E-state index is 0. The molecule has 0 bridgehead atoms. The van der Waals surface area contributed by atoms with Crippen LogP contribution in [0.5, 0.6) is 11.5 Å². The number of carboxylic acid groups (broad SMARTS) is 2. The molecule has 0 radical (unpaired) electrons. The Morgan fingerprint density at radius 2 is 1.79 bits per heavy atom. The number of nitrogens with two attached hydrogens (primary N) is 1. The molecule has 3 unspecified atom stereocenters. The van der Waals surface area contributed by atoms with E-state index in [0.717, 1.165) is 12.1 Å². The molecule has 3 atom stereocenters. The summed E-state index contributed by atoms with van der Waals surface area (Å²) >= 11 is 0. The number of hydrogen-bond donors (Lipinski definition) is 2. The number of halogens is 3. The molecule has 0 fully saturated rings. The maximum atomic E-state index is 13.0. The average Bonchev–Trinajstić information content (AvgIpc) is 3.27. The zero-order valence-electron chi connectivity index (χ0n) is 18.2. The van der Waals surface area contributed by atoms with Crippen molar-refractivity contribution >= 4 is 11.9 Å². The fourth-order valence-electron chi connectivity index (χ4n) is 4.12. The van der Waals surface area contributed by atoms with Crippen LogP contribution in [0.3, 0.4) is 0 Å². The Kier molecular flexibility index (Phi) is 8.81. The van der Waals surface area contributed by atoms with Gasteiger partial charge in [0.1, 0.15) is 11.9 Å². The fourth-order valence-corrected chi connectivity index (χ4v) is 4.12. The number of aliphatic hydroxyl groups is 1. The maximum absolute atomic E-state index is 13.0. The van der Waals surface area contributed by atoms with Crippen LogP contribution in [0.2, 0.25) is 0 Å². The molecule has 3 N–H and O–H groups in total. The largest absolute Gasteiger partial charge is 1.00 e. The zero-order valence-corrected chi connectivity index (χ0v) is 22.2. The summed E-state index contributed by atoms with van der Waals surface area (Å²) < 4.78 is 49.0. The predicted octanol–water partition coefficient (Wildman–Crippen LogP) is -6.02. The second kappa shape index (κ2) is 10.4. The summed E-state index contributed by atoms with van der Waals surface area (Å²) in [6.45, 7) is 0. The van der Waals surface area contributed by atoms with E-state index >= 15 is 0 Å². The predicted molar refractivity (Wildman–Crippen MR) is 95.6 cm³/mol. The fraction of sp³-hybridized carbons (Fsp3) is 0.333. The van der Waals surface area contributed by atoms with Gasteiger partial charge in [-0.3, -0.25) is 0 Å². The quantitative estimate of drug-likeness (QED) is 0.307. The first kappa shape index (κ1) is 28.9. The van der Waals surface area contributed by atoms with Crippen molar-refractivity contribution in [2.24, 2.45) is 11.7 Å². The van der Waals surface area contributed by atoms with Crippen LogP contribution in [0.25, 0.3) is 0 Å². The second-order valence-corrected chi connectivity index (χ2v) is 7.72. The number of rotatable bonds is 5. The van der Waals surface area contributed by atoms with E-state index in [1.54, 1.807) is 0 Å². The summed E-state index contributed by atoms with van der Waals surface area (Å²) in [7, 11) is 0. The topological polar surface area (TPSA) is 145 Å². The summed E-state index contributed by atoms with van der Waals surface area (Å²) in [5.41, 5.74) is 6.34. The Morgan fingerprint density at radius 1 is 1.15 bits per heavy atom. The molecule has 2 aromatic carbocycles. The monoisotopic (exact) mass is 497 g/mol. The molecule has 0 saturated heterocycles. The van der Waals surface area contributed by atoms with Crippen molar-refractivity contribution in [3.63, 3.8) is 0 Å². The molecular formula is C21H16F3NNa2O7. The molecule has 0 aromatic heterocycles. The number of carboxylic acids is 2. The zero-order chi connectivity index (χ0) is 23.4. The molecule has 0 saturated carbocycles. The molecule has 170 valence electrons. The average molecular weight is 497 g/mol. The van der Waals surface area contributed by atoms with Crippen molar-refractivity contribution in [2.45, 2.75) is 37.0 Å². The van der Waals surface area contributed by atoms with Gasteiger partial charge in [-0.2, -0.15) is 13.2 Å². The maximum Gasteiger partial charge on any atom is 1.00 e. The number of fused-ring (bicyclic) bond motifs is 3. The van der Waals surface area contributed by atoms with Gasteiger partial charge in [0, 0.05) is 11.6 Å². The first-order valence-electron chi connectivity index (χ1n) is 9.51. The number of aliphatic hydroxyl groups excluding tert-OH is 1. The molecule has 2 aliphatic rings.